The fraction of sp³-hybridized carbons (Fsp3) is 0.792. The zero-order valence-electron chi connectivity index (χ0n) is 22.9. The maximum atomic E-state index is 12.9. The summed E-state index contributed by atoms with van der Waals surface area (Å²) in [6.45, 7) is 18.7. The number of aromatic nitrogens is 2. The molecule has 2 fully saturated rings. The Morgan fingerprint density at radius 2 is 1.75 bits per heavy atom. The van der Waals surface area contributed by atoms with Gasteiger partial charge in [0.15, 0.2) is 6.23 Å². The van der Waals surface area contributed by atoms with E-state index in [2.05, 4.69) is 71.8 Å². The molecule has 12 heteroatoms. The Morgan fingerprint density at radius 1 is 1.17 bits per heavy atom. The molecule has 202 valence electrons. The first kappa shape index (κ1) is 29.0. The molecule has 0 saturated carbocycles. The second kappa shape index (κ2) is 10.6. The first-order valence-corrected chi connectivity index (χ1v) is 16.8. The number of anilines is 1. The van der Waals surface area contributed by atoms with Gasteiger partial charge in [0.25, 0.3) is 0 Å². The van der Waals surface area contributed by atoms with Crippen LogP contribution in [0.15, 0.2) is 17.1 Å². The van der Waals surface area contributed by atoms with Crippen LogP contribution in [0.25, 0.3) is 0 Å². The van der Waals surface area contributed by atoms with Gasteiger partial charge < -0.3 is 28.1 Å². The van der Waals surface area contributed by atoms with Crippen molar-refractivity contribution in [2.45, 2.75) is 103 Å². The van der Waals surface area contributed by atoms with Gasteiger partial charge in [0.05, 0.1) is 18.8 Å². The van der Waals surface area contributed by atoms with E-state index >= 15 is 0 Å². The van der Waals surface area contributed by atoms with Gasteiger partial charge in [-0.2, -0.15) is 10.2 Å². The monoisotopic (exact) mass is 538 g/mol. The molecule has 0 amide bonds. The Morgan fingerprint density at radius 3 is 2.22 bits per heavy atom. The summed E-state index contributed by atoms with van der Waals surface area (Å²) >= 11 is 0. The Bertz CT molecular complexity index is 1010. The summed E-state index contributed by atoms with van der Waals surface area (Å²) in [4.78, 5) is 16.9. The minimum absolute atomic E-state index is 0.0967. The number of fused-ring (bicyclic) bond motifs is 1. The van der Waals surface area contributed by atoms with E-state index in [4.69, 9.17) is 22.8 Å². The van der Waals surface area contributed by atoms with Crippen molar-refractivity contribution < 1.29 is 22.8 Å². The van der Waals surface area contributed by atoms with E-state index in [1.165, 1.54) is 10.8 Å². The summed E-state index contributed by atoms with van der Waals surface area (Å²) in [6.07, 6.45) is -0.611. The van der Waals surface area contributed by atoms with Crippen LogP contribution in [0.1, 0.15) is 68.5 Å². The minimum atomic E-state index is -2.97. The Hall–Kier alpha value is -1.60. The van der Waals surface area contributed by atoms with E-state index in [1.807, 2.05) is 0 Å². The number of rotatable bonds is 7. The first-order chi connectivity index (χ1) is 16.8. The molecular weight excluding hydrogens is 496 g/mol. The summed E-state index contributed by atoms with van der Waals surface area (Å²) < 4.78 is 28.8. The lowest BCUT2D eigenvalue weighted by atomic mass is 9.84. The molecule has 4 atom stereocenters. The SMILES string of the molecule is CC(C)[Si]1(C(C)C)OC[C@H]2O[C@@H](n3ccc(NCO)nc3=O)[C@](C)(C#N)[C@@H]2O[Si](C(C)C)(C(C)C)O1. The van der Waals surface area contributed by atoms with Gasteiger partial charge in [-0.25, -0.2) is 4.79 Å². The molecule has 0 bridgehead atoms. The molecule has 3 heterocycles. The van der Waals surface area contributed by atoms with Gasteiger partial charge in [-0.05, 0) is 35.2 Å². The quantitative estimate of drug-likeness (QED) is 0.391. The van der Waals surface area contributed by atoms with E-state index in [1.54, 1.807) is 13.0 Å². The molecule has 0 radical (unpaired) electrons. The standard InChI is InChI=1S/C24H42N4O6Si2/c1-15(2)35(16(3)4)31-12-19-21(33-36(34-35,17(5)6)18(7)8)24(9,13-25)22(32-19)28-11-10-20(26-14-29)27-23(28)30/h10-11,15-19,21-22,29H,12,14H2,1-9H3,(H,26,27,30)/t19-,21-,22-,24-/m1/s1. The summed E-state index contributed by atoms with van der Waals surface area (Å²) in [7, 11) is -5.74. The summed E-state index contributed by atoms with van der Waals surface area (Å²) in [5.41, 5.74) is -1.23. The summed E-state index contributed by atoms with van der Waals surface area (Å²) in [5.74, 6) is 0.241. The number of hydrogen-bond acceptors (Lipinski definition) is 9. The Kier molecular flexibility index (Phi) is 8.56. The molecule has 0 aliphatic carbocycles. The predicted molar refractivity (Wildman–Crippen MR) is 141 cm³/mol. The molecule has 0 spiro atoms. The molecule has 0 aromatic carbocycles. The van der Waals surface area contributed by atoms with Crippen molar-refractivity contribution in [1.29, 1.82) is 5.26 Å². The molecule has 1 aromatic rings. The van der Waals surface area contributed by atoms with Crippen LogP contribution in [0.2, 0.25) is 22.2 Å². The maximum Gasteiger partial charge on any atom is 0.351 e. The van der Waals surface area contributed by atoms with Gasteiger partial charge in [-0.15, -0.1) is 0 Å². The molecule has 2 saturated heterocycles. The average molecular weight is 539 g/mol. The first-order valence-electron chi connectivity index (χ1n) is 12.8. The van der Waals surface area contributed by atoms with Crippen LogP contribution in [-0.4, -0.2) is 57.3 Å². The highest BCUT2D eigenvalue weighted by atomic mass is 28.5. The number of nitrogens with zero attached hydrogens (tertiary/aromatic N) is 3. The second-order valence-electron chi connectivity index (χ2n) is 11.3. The molecular formula is C24H42N4O6Si2. The molecule has 2 N–H and O–H groups in total. The van der Waals surface area contributed by atoms with Crippen molar-refractivity contribution in [3.63, 3.8) is 0 Å². The number of aliphatic hydroxyl groups is 1. The van der Waals surface area contributed by atoms with Crippen LogP contribution in [0.5, 0.6) is 0 Å². The van der Waals surface area contributed by atoms with Crippen molar-refractivity contribution >= 4 is 22.9 Å². The maximum absolute atomic E-state index is 12.9. The summed E-state index contributed by atoms with van der Waals surface area (Å²) in [6, 6.07) is 3.98. The third kappa shape index (κ3) is 4.71. The normalized spacial score (nSPS) is 29.8. The van der Waals surface area contributed by atoms with Gasteiger partial charge in [0, 0.05) is 6.20 Å². The fourth-order valence-corrected chi connectivity index (χ4v) is 16.9. The van der Waals surface area contributed by atoms with Gasteiger partial charge in [-0.1, -0.05) is 55.4 Å². The third-order valence-corrected chi connectivity index (χ3v) is 17.9. The largest absolute Gasteiger partial charge is 0.414 e. The summed E-state index contributed by atoms with van der Waals surface area (Å²) in [5, 5.41) is 22.2. The zero-order chi connectivity index (χ0) is 27.1. The number of ether oxygens (including phenoxy) is 1. The fourth-order valence-electron chi connectivity index (χ4n) is 5.60. The molecule has 1 aromatic heterocycles. The van der Waals surface area contributed by atoms with E-state index in [0.717, 1.165) is 0 Å². The lowest BCUT2D eigenvalue weighted by molar-refractivity contribution is -0.0582. The lowest BCUT2D eigenvalue weighted by Gasteiger charge is -2.52. The minimum Gasteiger partial charge on any atom is -0.414 e. The van der Waals surface area contributed by atoms with Crippen LogP contribution in [0, 0.1) is 16.7 Å². The zero-order valence-corrected chi connectivity index (χ0v) is 24.9. The van der Waals surface area contributed by atoms with Crippen molar-refractivity contribution in [2.24, 2.45) is 5.41 Å². The average Bonchev–Trinajstić information content (AvgIpc) is 3.04. The van der Waals surface area contributed by atoms with E-state index in [9.17, 15) is 10.1 Å². The van der Waals surface area contributed by atoms with Crippen molar-refractivity contribution in [2.75, 3.05) is 18.7 Å². The second-order valence-corrected chi connectivity index (χ2v) is 20.1. The molecule has 10 nitrogen and oxygen atoms in total. The van der Waals surface area contributed by atoms with E-state index in [0.29, 0.717) is 0 Å². The lowest BCUT2D eigenvalue weighted by Crippen LogP contribution is -2.66. The van der Waals surface area contributed by atoms with Crippen LogP contribution in [0.3, 0.4) is 0 Å². The topological polar surface area (TPSA) is 128 Å². The van der Waals surface area contributed by atoms with Gasteiger partial charge >= 0.3 is 22.8 Å². The highest BCUT2D eigenvalue weighted by Gasteiger charge is 2.65. The van der Waals surface area contributed by atoms with Gasteiger partial charge in [0.2, 0.25) is 0 Å². The molecule has 36 heavy (non-hydrogen) atoms. The van der Waals surface area contributed by atoms with Crippen molar-refractivity contribution in [1.82, 2.24) is 9.55 Å². The van der Waals surface area contributed by atoms with Crippen LogP contribution >= 0.6 is 0 Å². The van der Waals surface area contributed by atoms with Crippen molar-refractivity contribution in [3.8, 4) is 6.07 Å². The third-order valence-electron chi connectivity index (χ3n) is 7.65. The number of nitrogens with one attached hydrogen (secondary N) is 1. The Balaban J connectivity index is 2.15. The van der Waals surface area contributed by atoms with E-state index < -0.39 is 46.7 Å². The highest BCUT2D eigenvalue weighted by molar-refractivity contribution is 6.84. The Labute approximate surface area is 216 Å². The molecule has 2 aliphatic heterocycles. The number of nitriles is 1. The molecule has 3 rings (SSSR count). The molecule has 2 aliphatic rings. The van der Waals surface area contributed by atoms with E-state index in [-0.39, 0.29) is 41.3 Å². The highest BCUT2D eigenvalue weighted by Crippen LogP contribution is 2.53. The van der Waals surface area contributed by atoms with Crippen LogP contribution in [-0.2, 0) is 17.7 Å². The predicted octanol–water partition coefficient (Wildman–Crippen LogP) is 3.99. The van der Waals surface area contributed by atoms with Crippen molar-refractivity contribution in [3.05, 3.63) is 22.7 Å². The van der Waals surface area contributed by atoms with Crippen LogP contribution in [0.4, 0.5) is 5.82 Å². The van der Waals surface area contributed by atoms with Gasteiger partial charge in [0.1, 0.15) is 24.1 Å². The molecule has 0 unspecified atom stereocenters. The van der Waals surface area contributed by atoms with Gasteiger partial charge in [-0.3, -0.25) is 4.57 Å². The number of hydrogen-bond donors (Lipinski definition) is 2. The van der Waals surface area contributed by atoms with Crippen LogP contribution < -0.4 is 11.0 Å². The number of aliphatic hydroxyl groups excluding tert-OH is 1. The smallest absolute Gasteiger partial charge is 0.351 e.